The first kappa shape index (κ1) is 21.8. The van der Waals surface area contributed by atoms with Crippen molar-refractivity contribution in [3.63, 3.8) is 0 Å². The van der Waals surface area contributed by atoms with Crippen LogP contribution < -0.4 is 5.32 Å². The maximum Gasteiger partial charge on any atom is 0.319 e. The van der Waals surface area contributed by atoms with Gasteiger partial charge in [-0.15, -0.1) is 11.8 Å². The number of thioether (sulfide) groups is 1. The Morgan fingerprint density at radius 2 is 2.00 bits per heavy atom. The fraction of sp³-hybridized carbons (Fsp3) is 0.556. The Labute approximate surface area is 157 Å². The molecule has 0 radical (unpaired) electrons. The number of rotatable bonds is 9. The molecular formula is C18H25ClFNO3S. The Hall–Kier alpha value is -1.27. The second-order valence-corrected chi connectivity index (χ2v) is 7.63. The Balaban J connectivity index is 2.84. The topological polar surface area (TPSA) is 55.4 Å². The summed E-state index contributed by atoms with van der Waals surface area (Å²) in [6, 6.07) is 2.60. The highest BCUT2D eigenvalue weighted by Gasteiger charge is 2.20. The van der Waals surface area contributed by atoms with Crippen LogP contribution in [-0.4, -0.2) is 23.7 Å². The van der Waals surface area contributed by atoms with E-state index in [1.807, 2.05) is 13.8 Å². The van der Waals surface area contributed by atoms with Gasteiger partial charge in [-0.05, 0) is 31.9 Å². The number of hydrogen-bond donors (Lipinski definition) is 1. The van der Waals surface area contributed by atoms with E-state index >= 15 is 0 Å². The fourth-order valence-electron chi connectivity index (χ4n) is 1.83. The van der Waals surface area contributed by atoms with Crippen molar-refractivity contribution in [2.75, 3.05) is 11.9 Å². The first-order valence-electron chi connectivity index (χ1n) is 8.43. The van der Waals surface area contributed by atoms with Gasteiger partial charge in [-0.1, -0.05) is 38.8 Å². The molecule has 140 valence electrons. The van der Waals surface area contributed by atoms with Gasteiger partial charge in [0.2, 0.25) is 5.91 Å². The van der Waals surface area contributed by atoms with Crippen molar-refractivity contribution in [3.05, 3.63) is 23.0 Å². The lowest BCUT2D eigenvalue weighted by molar-refractivity contribution is -0.142. The number of unbranched alkanes of at least 4 members (excludes halogenated alkanes) is 1. The molecule has 1 N–H and O–H groups in total. The summed E-state index contributed by atoms with van der Waals surface area (Å²) in [7, 11) is 0. The zero-order valence-corrected chi connectivity index (χ0v) is 16.6. The van der Waals surface area contributed by atoms with Crippen LogP contribution >= 0.6 is 23.4 Å². The summed E-state index contributed by atoms with van der Waals surface area (Å²) in [5.41, 5.74) is 0.0590. The largest absolute Gasteiger partial charge is 0.465 e. The van der Waals surface area contributed by atoms with Crippen LogP contribution in [0.2, 0.25) is 5.02 Å². The maximum absolute atomic E-state index is 14.1. The smallest absolute Gasteiger partial charge is 0.319 e. The number of benzene rings is 1. The van der Waals surface area contributed by atoms with Crippen molar-refractivity contribution in [1.82, 2.24) is 0 Å². The molecule has 2 unspecified atom stereocenters. The molecule has 1 aromatic carbocycles. The minimum Gasteiger partial charge on any atom is -0.465 e. The standard InChI is InChI=1S/C18H25ClFNO3S/c1-5-7-8-24-18(23)12(4)25-16-10-15(14(20)9-13(16)19)21-17(22)11(3)6-2/h9-12H,5-8H2,1-4H3,(H,21,22). The molecule has 2 atom stereocenters. The van der Waals surface area contributed by atoms with Crippen molar-refractivity contribution >= 4 is 40.9 Å². The molecule has 4 nitrogen and oxygen atoms in total. The van der Waals surface area contributed by atoms with E-state index in [4.69, 9.17) is 16.3 Å². The van der Waals surface area contributed by atoms with Crippen LogP contribution in [0.1, 0.15) is 47.0 Å². The van der Waals surface area contributed by atoms with E-state index in [1.54, 1.807) is 13.8 Å². The molecule has 0 aromatic heterocycles. The third-order valence-electron chi connectivity index (χ3n) is 3.72. The molecule has 0 spiro atoms. The zero-order valence-electron chi connectivity index (χ0n) is 15.0. The monoisotopic (exact) mass is 389 g/mol. The van der Waals surface area contributed by atoms with Gasteiger partial charge in [0.1, 0.15) is 11.1 Å². The van der Waals surface area contributed by atoms with Crippen molar-refractivity contribution in [2.24, 2.45) is 5.92 Å². The van der Waals surface area contributed by atoms with Gasteiger partial charge < -0.3 is 10.1 Å². The summed E-state index contributed by atoms with van der Waals surface area (Å²) >= 11 is 7.25. The molecule has 25 heavy (non-hydrogen) atoms. The zero-order chi connectivity index (χ0) is 19.0. The van der Waals surface area contributed by atoms with E-state index in [0.29, 0.717) is 17.9 Å². The van der Waals surface area contributed by atoms with Crippen molar-refractivity contribution in [2.45, 2.75) is 57.1 Å². The lowest BCUT2D eigenvalue weighted by Crippen LogP contribution is -2.20. The molecule has 0 aliphatic rings. The van der Waals surface area contributed by atoms with E-state index in [2.05, 4.69) is 5.32 Å². The van der Waals surface area contributed by atoms with Crippen LogP contribution in [0.25, 0.3) is 0 Å². The lowest BCUT2D eigenvalue weighted by Gasteiger charge is -2.15. The number of hydrogen-bond acceptors (Lipinski definition) is 4. The predicted molar refractivity (Wildman–Crippen MR) is 101 cm³/mol. The second kappa shape index (κ2) is 10.7. The quantitative estimate of drug-likeness (QED) is 0.354. The number of carbonyl (C=O) groups is 2. The molecule has 1 amide bonds. The van der Waals surface area contributed by atoms with Gasteiger partial charge in [-0.25, -0.2) is 4.39 Å². The van der Waals surface area contributed by atoms with Gasteiger partial charge >= 0.3 is 5.97 Å². The van der Waals surface area contributed by atoms with E-state index < -0.39 is 11.1 Å². The number of nitrogens with one attached hydrogen (secondary N) is 1. The molecule has 7 heteroatoms. The summed E-state index contributed by atoms with van der Waals surface area (Å²) < 4.78 is 19.2. The average Bonchev–Trinajstić information content (AvgIpc) is 2.58. The first-order chi connectivity index (χ1) is 11.8. The van der Waals surface area contributed by atoms with Gasteiger partial charge in [0.25, 0.3) is 0 Å². The molecule has 0 aliphatic carbocycles. The number of ether oxygens (including phenoxy) is 1. The van der Waals surface area contributed by atoms with Gasteiger partial charge in [0, 0.05) is 10.8 Å². The molecule has 0 bridgehead atoms. The number of amides is 1. The second-order valence-electron chi connectivity index (χ2n) is 5.84. The van der Waals surface area contributed by atoms with Gasteiger partial charge in [0.15, 0.2) is 0 Å². The Bertz CT molecular complexity index is 612. The molecular weight excluding hydrogens is 365 g/mol. The molecule has 0 saturated carbocycles. The molecule has 1 aromatic rings. The van der Waals surface area contributed by atoms with Crippen molar-refractivity contribution in [1.29, 1.82) is 0 Å². The van der Waals surface area contributed by atoms with Crippen LogP contribution in [-0.2, 0) is 14.3 Å². The summed E-state index contributed by atoms with van der Waals surface area (Å²) in [6.07, 6.45) is 2.41. The number of halogens is 2. The maximum atomic E-state index is 14.1. The van der Waals surface area contributed by atoms with Crippen LogP contribution in [0.3, 0.4) is 0 Å². The van der Waals surface area contributed by atoms with E-state index in [-0.39, 0.29) is 28.5 Å². The van der Waals surface area contributed by atoms with Gasteiger partial charge in [0.05, 0.1) is 17.3 Å². The molecule has 0 fully saturated rings. The van der Waals surface area contributed by atoms with Crippen molar-refractivity contribution in [3.8, 4) is 0 Å². The van der Waals surface area contributed by atoms with E-state index in [1.165, 1.54) is 17.8 Å². The van der Waals surface area contributed by atoms with Crippen LogP contribution in [0, 0.1) is 11.7 Å². The summed E-state index contributed by atoms with van der Waals surface area (Å²) in [6.45, 7) is 7.76. The number of anilines is 1. The Kier molecular flexibility index (Phi) is 9.28. The summed E-state index contributed by atoms with van der Waals surface area (Å²) in [4.78, 5) is 24.5. The Morgan fingerprint density at radius 1 is 1.32 bits per heavy atom. The highest BCUT2D eigenvalue weighted by molar-refractivity contribution is 8.00. The van der Waals surface area contributed by atoms with E-state index in [0.717, 1.165) is 18.9 Å². The van der Waals surface area contributed by atoms with Crippen LogP contribution in [0.15, 0.2) is 17.0 Å². The molecule has 0 saturated heterocycles. The lowest BCUT2D eigenvalue weighted by atomic mass is 10.1. The minimum atomic E-state index is -0.607. The molecule has 0 aliphatic heterocycles. The average molecular weight is 390 g/mol. The minimum absolute atomic E-state index is 0.0590. The normalized spacial score (nSPS) is 13.2. The SMILES string of the molecule is CCCCOC(=O)C(C)Sc1cc(NC(=O)C(C)CC)c(F)cc1Cl. The van der Waals surface area contributed by atoms with Crippen LogP contribution in [0.4, 0.5) is 10.1 Å². The predicted octanol–water partition coefficient (Wildman–Crippen LogP) is 5.29. The Morgan fingerprint density at radius 3 is 2.60 bits per heavy atom. The van der Waals surface area contributed by atoms with Gasteiger partial charge in [-0.2, -0.15) is 0 Å². The third kappa shape index (κ3) is 6.86. The number of esters is 1. The summed E-state index contributed by atoms with van der Waals surface area (Å²) in [5, 5.41) is 2.27. The third-order valence-corrected chi connectivity index (χ3v) is 5.28. The molecule has 0 heterocycles. The highest BCUT2D eigenvalue weighted by Crippen LogP contribution is 2.35. The highest BCUT2D eigenvalue weighted by atomic mass is 35.5. The number of carbonyl (C=O) groups excluding carboxylic acids is 2. The van der Waals surface area contributed by atoms with E-state index in [9.17, 15) is 14.0 Å². The first-order valence-corrected chi connectivity index (χ1v) is 9.69. The molecule has 1 rings (SSSR count). The van der Waals surface area contributed by atoms with Crippen molar-refractivity contribution < 1.29 is 18.7 Å². The summed E-state index contributed by atoms with van der Waals surface area (Å²) in [5.74, 6) is -1.43. The van der Waals surface area contributed by atoms with Gasteiger partial charge in [-0.3, -0.25) is 9.59 Å². The fourth-order valence-corrected chi connectivity index (χ4v) is 3.02. The van der Waals surface area contributed by atoms with Crippen LogP contribution in [0.5, 0.6) is 0 Å².